The number of anilines is 2. The average molecular weight is 410 g/mol. The molecule has 2 aromatic heterocycles. The van der Waals surface area contributed by atoms with Crippen molar-refractivity contribution in [2.45, 2.75) is 32.7 Å². The normalized spacial score (nSPS) is 19.3. The van der Waals surface area contributed by atoms with Crippen LogP contribution in [0.4, 0.5) is 11.5 Å². The fourth-order valence-corrected chi connectivity index (χ4v) is 4.43. The number of pyridine rings is 1. The van der Waals surface area contributed by atoms with E-state index in [1.165, 1.54) is 6.20 Å². The Labute approximate surface area is 173 Å². The van der Waals surface area contributed by atoms with E-state index in [1.54, 1.807) is 29.2 Å². The van der Waals surface area contributed by atoms with Crippen molar-refractivity contribution in [3.63, 3.8) is 0 Å². The molecule has 0 radical (unpaired) electrons. The van der Waals surface area contributed by atoms with Crippen LogP contribution in [-0.2, 0) is 9.59 Å². The van der Waals surface area contributed by atoms with Gasteiger partial charge in [0.1, 0.15) is 5.82 Å². The van der Waals surface area contributed by atoms with Gasteiger partial charge in [0.25, 0.3) is 0 Å². The van der Waals surface area contributed by atoms with E-state index in [-0.39, 0.29) is 6.04 Å². The van der Waals surface area contributed by atoms with Gasteiger partial charge in [0.2, 0.25) is 0 Å². The summed E-state index contributed by atoms with van der Waals surface area (Å²) in [6.07, 6.45) is 3.28. The van der Waals surface area contributed by atoms with Gasteiger partial charge < -0.3 is 16.0 Å². The molecule has 1 aliphatic rings. The topological polar surface area (TPSA) is 101 Å². The number of hydrogen-bond acceptors (Lipinski definition) is 6. The summed E-state index contributed by atoms with van der Waals surface area (Å²) in [7, 11) is 0. The van der Waals surface area contributed by atoms with Crippen molar-refractivity contribution in [2.75, 3.05) is 17.6 Å². The van der Waals surface area contributed by atoms with Crippen LogP contribution in [0, 0.1) is 12.8 Å². The van der Waals surface area contributed by atoms with Crippen molar-refractivity contribution >= 4 is 44.9 Å². The number of carbonyl (C=O) groups excluding carboxylic acids is 2. The van der Waals surface area contributed by atoms with Crippen LogP contribution in [0.1, 0.15) is 36.9 Å². The fourth-order valence-electron chi connectivity index (χ4n) is 3.77. The number of nitrogens with two attached hydrogens (primary N) is 1. The van der Waals surface area contributed by atoms with E-state index in [0.717, 1.165) is 34.2 Å². The number of nitrogen functional groups attached to an aromatic ring is 1. The maximum absolute atomic E-state index is 13.1. The van der Waals surface area contributed by atoms with Gasteiger partial charge in [-0.3, -0.25) is 9.59 Å². The molecule has 8 heteroatoms. The Hall–Kier alpha value is -3.00. The lowest BCUT2D eigenvalue weighted by atomic mass is 9.89. The minimum atomic E-state index is -0.662. The Morgan fingerprint density at radius 3 is 2.86 bits per heavy atom. The first-order valence-corrected chi connectivity index (χ1v) is 10.5. The lowest BCUT2D eigenvalue weighted by Crippen LogP contribution is -2.46. The van der Waals surface area contributed by atoms with E-state index in [0.29, 0.717) is 24.0 Å². The molecule has 1 saturated heterocycles. The molecule has 3 heterocycles. The van der Waals surface area contributed by atoms with Gasteiger partial charge in [0.05, 0.1) is 33.7 Å². The number of likely N-dealkylation sites (tertiary alicyclic amines) is 1. The van der Waals surface area contributed by atoms with E-state index < -0.39 is 11.8 Å². The highest BCUT2D eigenvalue weighted by Crippen LogP contribution is 2.35. The van der Waals surface area contributed by atoms with Gasteiger partial charge >= 0.3 is 11.8 Å². The van der Waals surface area contributed by atoms with Gasteiger partial charge in [0, 0.05) is 6.54 Å². The van der Waals surface area contributed by atoms with E-state index in [2.05, 4.69) is 22.2 Å². The fraction of sp³-hybridized carbons (Fsp3) is 0.333. The van der Waals surface area contributed by atoms with Crippen molar-refractivity contribution in [3.8, 4) is 0 Å². The minimum absolute atomic E-state index is 0.137. The van der Waals surface area contributed by atoms with Crippen LogP contribution in [0.3, 0.4) is 0 Å². The van der Waals surface area contributed by atoms with E-state index in [1.807, 2.05) is 23.7 Å². The highest BCUT2D eigenvalue weighted by molar-refractivity contribution is 7.16. The zero-order valence-corrected chi connectivity index (χ0v) is 17.2. The standard InChI is InChI=1S/C21H23N5O2S/c1-12-3-5-17(14-4-6-18-16(8-14)24-11-29-18)26(10-12)21(28)20(27)25-15-7-13(2)19(22)23-9-15/h4,6-9,11-12,17H,3,5,10H2,1-2H3,(H2,22,23)(H,25,27)/t12-,17?/m0/s1. The second-order valence-corrected chi connectivity index (χ2v) is 8.50. The molecule has 4 rings (SSSR count). The van der Waals surface area contributed by atoms with Gasteiger partial charge in [-0.05, 0) is 55.0 Å². The molecule has 0 aliphatic carbocycles. The molecule has 7 nitrogen and oxygen atoms in total. The summed E-state index contributed by atoms with van der Waals surface area (Å²) >= 11 is 1.59. The van der Waals surface area contributed by atoms with E-state index >= 15 is 0 Å². The van der Waals surface area contributed by atoms with Gasteiger partial charge in [-0.15, -0.1) is 11.3 Å². The second kappa shape index (κ2) is 7.79. The molecule has 2 amide bonds. The summed E-state index contributed by atoms with van der Waals surface area (Å²) < 4.78 is 1.11. The third-order valence-corrected chi connectivity index (χ3v) is 6.20. The van der Waals surface area contributed by atoms with Crippen LogP contribution in [0.2, 0.25) is 0 Å². The number of benzene rings is 1. The molecular formula is C21H23N5O2S. The molecule has 3 N–H and O–H groups in total. The molecule has 29 heavy (non-hydrogen) atoms. The van der Waals surface area contributed by atoms with Gasteiger partial charge in [0.15, 0.2) is 0 Å². The molecule has 0 bridgehead atoms. The summed E-state index contributed by atoms with van der Waals surface area (Å²) in [6.45, 7) is 4.45. The Balaban J connectivity index is 1.57. The monoisotopic (exact) mass is 409 g/mol. The lowest BCUT2D eigenvalue weighted by Gasteiger charge is -2.38. The zero-order valence-electron chi connectivity index (χ0n) is 16.4. The molecule has 1 unspecified atom stereocenters. The molecular weight excluding hydrogens is 386 g/mol. The largest absolute Gasteiger partial charge is 0.383 e. The Kier molecular flexibility index (Phi) is 5.19. The summed E-state index contributed by atoms with van der Waals surface area (Å²) in [5.74, 6) is -0.456. The SMILES string of the molecule is Cc1cc(NC(=O)C(=O)N2C[C@@H](C)CCC2c2ccc3scnc3c2)cnc1N. The predicted octanol–water partition coefficient (Wildman–Crippen LogP) is 3.52. The number of rotatable bonds is 2. The zero-order chi connectivity index (χ0) is 20.5. The Morgan fingerprint density at radius 1 is 1.24 bits per heavy atom. The number of amides is 2. The van der Waals surface area contributed by atoms with E-state index in [9.17, 15) is 9.59 Å². The summed E-state index contributed by atoms with van der Waals surface area (Å²) in [6, 6.07) is 7.66. The molecule has 3 aromatic rings. The third kappa shape index (κ3) is 3.93. The van der Waals surface area contributed by atoms with Gasteiger partial charge in [-0.25, -0.2) is 9.97 Å². The van der Waals surface area contributed by atoms with Crippen LogP contribution in [0.25, 0.3) is 10.2 Å². The number of nitrogens with zero attached hydrogens (tertiary/aromatic N) is 3. The number of aromatic nitrogens is 2. The number of aryl methyl sites for hydroxylation is 1. The minimum Gasteiger partial charge on any atom is -0.383 e. The maximum atomic E-state index is 13.1. The molecule has 1 aliphatic heterocycles. The number of fused-ring (bicyclic) bond motifs is 1. The Morgan fingerprint density at radius 2 is 2.07 bits per heavy atom. The van der Waals surface area contributed by atoms with Crippen LogP contribution < -0.4 is 11.1 Å². The quantitative estimate of drug-likeness (QED) is 0.631. The number of hydrogen-bond donors (Lipinski definition) is 2. The Bertz CT molecular complexity index is 1080. The van der Waals surface area contributed by atoms with Crippen molar-refractivity contribution in [3.05, 3.63) is 47.1 Å². The molecule has 1 fully saturated rings. The number of carbonyl (C=O) groups is 2. The lowest BCUT2D eigenvalue weighted by molar-refractivity contribution is -0.146. The van der Waals surface area contributed by atoms with Gasteiger partial charge in [-0.1, -0.05) is 13.0 Å². The number of thiazole rings is 1. The number of piperidine rings is 1. The highest BCUT2D eigenvalue weighted by Gasteiger charge is 2.34. The molecule has 0 saturated carbocycles. The first-order chi connectivity index (χ1) is 13.9. The predicted molar refractivity (Wildman–Crippen MR) is 114 cm³/mol. The van der Waals surface area contributed by atoms with Crippen molar-refractivity contribution in [2.24, 2.45) is 5.92 Å². The number of nitrogens with one attached hydrogen (secondary N) is 1. The first kappa shape index (κ1) is 19.3. The van der Waals surface area contributed by atoms with Crippen LogP contribution in [0.15, 0.2) is 36.0 Å². The van der Waals surface area contributed by atoms with Crippen molar-refractivity contribution < 1.29 is 9.59 Å². The van der Waals surface area contributed by atoms with Crippen LogP contribution >= 0.6 is 11.3 Å². The second-order valence-electron chi connectivity index (χ2n) is 7.62. The molecule has 150 valence electrons. The van der Waals surface area contributed by atoms with Crippen LogP contribution in [0.5, 0.6) is 0 Å². The molecule has 0 spiro atoms. The smallest absolute Gasteiger partial charge is 0.313 e. The van der Waals surface area contributed by atoms with Gasteiger partial charge in [-0.2, -0.15) is 0 Å². The summed E-state index contributed by atoms with van der Waals surface area (Å²) in [5, 5.41) is 2.66. The third-order valence-electron chi connectivity index (χ3n) is 5.39. The van der Waals surface area contributed by atoms with Crippen molar-refractivity contribution in [1.82, 2.24) is 14.9 Å². The highest BCUT2D eigenvalue weighted by atomic mass is 32.1. The van der Waals surface area contributed by atoms with Crippen LogP contribution in [-0.4, -0.2) is 33.2 Å². The first-order valence-electron chi connectivity index (χ1n) is 9.59. The summed E-state index contributed by atoms with van der Waals surface area (Å²) in [4.78, 5) is 35.9. The summed E-state index contributed by atoms with van der Waals surface area (Å²) in [5.41, 5.74) is 10.7. The van der Waals surface area contributed by atoms with E-state index in [4.69, 9.17) is 5.73 Å². The molecule has 2 atom stereocenters. The average Bonchev–Trinajstić information content (AvgIpc) is 3.18. The maximum Gasteiger partial charge on any atom is 0.313 e. The van der Waals surface area contributed by atoms with Crippen molar-refractivity contribution in [1.29, 1.82) is 0 Å². The molecule has 1 aromatic carbocycles.